The summed E-state index contributed by atoms with van der Waals surface area (Å²) < 4.78 is 0. The quantitative estimate of drug-likeness (QED) is 0.866. The second kappa shape index (κ2) is 6.12. The maximum Gasteiger partial charge on any atom is 0.274 e. The van der Waals surface area contributed by atoms with Gasteiger partial charge in [0.05, 0.1) is 0 Å². The van der Waals surface area contributed by atoms with Crippen LogP contribution in [0.15, 0.2) is 30.3 Å². The number of aryl methyl sites for hydroxylation is 1. The summed E-state index contributed by atoms with van der Waals surface area (Å²) in [4.78, 5) is 28.1. The molecule has 2 heterocycles. The molecule has 0 saturated carbocycles. The average molecular weight is 314 g/mol. The molecule has 1 fully saturated rings. The van der Waals surface area contributed by atoms with Gasteiger partial charge in [-0.2, -0.15) is 5.10 Å². The predicted molar refractivity (Wildman–Crippen MR) is 83.2 cm³/mol. The second-order valence-electron chi connectivity index (χ2n) is 5.57. The molecular formula is C16H18N4O3. The molecule has 1 aliphatic heterocycles. The number of piperazine rings is 1. The number of rotatable bonds is 2. The fourth-order valence-corrected chi connectivity index (χ4v) is 2.62. The molecule has 0 aliphatic carbocycles. The molecular weight excluding hydrogens is 296 g/mol. The Kier molecular flexibility index (Phi) is 4.01. The van der Waals surface area contributed by atoms with Crippen molar-refractivity contribution in [1.29, 1.82) is 0 Å². The summed E-state index contributed by atoms with van der Waals surface area (Å²) in [6.45, 7) is 3.70. The fourth-order valence-electron chi connectivity index (χ4n) is 2.62. The fraction of sp³-hybridized carbons (Fsp3) is 0.312. The molecule has 2 amide bonds. The van der Waals surface area contributed by atoms with Gasteiger partial charge in [0.25, 0.3) is 11.8 Å². The van der Waals surface area contributed by atoms with E-state index in [0.717, 1.165) is 5.69 Å². The monoisotopic (exact) mass is 314 g/mol. The van der Waals surface area contributed by atoms with Crippen molar-refractivity contribution in [3.63, 3.8) is 0 Å². The minimum absolute atomic E-state index is 0.0681. The maximum absolute atomic E-state index is 12.4. The molecule has 7 heteroatoms. The van der Waals surface area contributed by atoms with Gasteiger partial charge in [-0.05, 0) is 31.2 Å². The van der Waals surface area contributed by atoms with Crippen LogP contribution < -0.4 is 0 Å². The Balaban J connectivity index is 1.62. The van der Waals surface area contributed by atoms with Crippen LogP contribution in [0.25, 0.3) is 0 Å². The Morgan fingerprint density at radius 1 is 1.09 bits per heavy atom. The zero-order valence-electron chi connectivity index (χ0n) is 12.8. The van der Waals surface area contributed by atoms with Crippen molar-refractivity contribution < 1.29 is 14.7 Å². The van der Waals surface area contributed by atoms with Gasteiger partial charge in [-0.1, -0.05) is 6.07 Å². The predicted octanol–water partition coefficient (Wildman–Crippen LogP) is 1.02. The molecule has 1 aromatic carbocycles. The first-order chi connectivity index (χ1) is 11.0. The van der Waals surface area contributed by atoms with Gasteiger partial charge in [0.15, 0.2) is 0 Å². The van der Waals surface area contributed by atoms with Crippen LogP contribution in [0.3, 0.4) is 0 Å². The number of hydrogen-bond acceptors (Lipinski definition) is 4. The van der Waals surface area contributed by atoms with Gasteiger partial charge in [-0.15, -0.1) is 0 Å². The van der Waals surface area contributed by atoms with Crippen LogP contribution >= 0.6 is 0 Å². The number of nitrogens with one attached hydrogen (secondary N) is 1. The van der Waals surface area contributed by atoms with E-state index in [2.05, 4.69) is 10.2 Å². The highest BCUT2D eigenvalue weighted by Crippen LogP contribution is 2.15. The number of benzene rings is 1. The molecule has 3 rings (SSSR count). The van der Waals surface area contributed by atoms with E-state index in [1.807, 2.05) is 6.92 Å². The summed E-state index contributed by atoms with van der Waals surface area (Å²) in [5.41, 5.74) is 1.69. The van der Waals surface area contributed by atoms with Gasteiger partial charge < -0.3 is 14.9 Å². The number of aromatic amines is 1. The lowest BCUT2D eigenvalue weighted by Crippen LogP contribution is -2.50. The minimum atomic E-state index is -0.136. The maximum atomic E-state index is 12.4. The number of hydrogen-bond donors (Lipinski definition) is 2. The summed E-state index contributed by atoms with van der Waals surface area (Å²) in [7, 11) is 0. The molecule has 23 heavy (non-hydrogen) atoms. The van der Waals surface area contributed by atoms with Crippen molar-refractivity contribution >= 4 is 11.8 Å². The minimum Gasteiger partial charge on any atom is -0.508 e. The molecule has 2 N–H and O–H groups in total. The van der Waals surface area contributed by atoms with Gasteiger partial charge in [0, 0.05) is 37.4 Å². The van der Waals surface area contributed by atoms with Crippen molar-refractivity contribution in [2.45, 2.75) is 6.92 Å². The Morgan fingerprint density at radius 3 is 2.30 bits per heavy atom. The van der Waals surface area contributed by atoms with Crippen LogP contribution in [-0.2, 0) is 0 Å². The lowest BCUT2D eigenvalue weighted by atomic mass is 10.1. The second-order valence-corrected chi connectivity index (χ2v) is 5.57. The zero-order valence-corrected chi connectivity index (χ0v) is 12.8. The SMILES string of the molecule is Cc1cc(C(=O)N2CCN(C(=O)c3cccc(O)c3)CC2)n[nH]1. The van der Waals surface area contributed by atoms with E-state index in [1.54, 1.807) is 28.0 Å². The molecule has 1 saturated heterocycles. The topological polar surface area (TPSA) is 89.5 Å². The first-order valence-corrected chi connectivity index (χ1v) is 7.44. The first-order valence-electron chi connectivity index (χ1n) is 7.44. The average Bonchev–Trinajstić information content (AvgIpc) is 3.00. The molecule has 1 aromatic heterocycles. The Hall–Kier alpha value is -2.83. The standard InChI is InChI=1S/C16H18N4O3/c1-11-9-14(18-17-11)16(23)20-7-5-19(6-8-20)15(22)12-3-2-4-13(21)10-12/h2-4,9-10,21H,5-8H2,1H3,(H,17,18). The first kappa shape index (κ1) is 15.1. The van der Waals surface area contributed by atoms with Crippen LogP contribution in [-0.4, -0.2) is 63.1 Å². The van der Waals surface area contributed by atoms with E-state index in [9.17, 15) is 14.7 Å². The number of phenolic OH excluding ortho intramolecular Hbond substituents is 1. The summed E-state index contributed by atoms with van der Waals surface area (Å²) >= 11 is 0. The highest BCUT2D eigenvalue weighted by atomic mass is 16.3. The van der Waals surface area contributed by atoms with Gasteiger partial charge in [0.1, 0.15) is 11.4 Å². The summed E-state index contributed by atoms with van der Waals surface area (Å²) in [6.07, 6.45) is 0. The van der Waals surface area contributed by atoms with Gasteiger partial charge >= 0.3 is 0 Å². The number of carbonyl (C=O) groups excluding carboxylic acids is 2. The number of aromatic nitrogens is 2. The van der Waals surface area contributed by atoms with E-state index in [4.69, 9.17) is 0 Å². The third kappa shape index (κ3) is 3.18. The Bertz CT molecular complexity index is 732. The number of phenols is 1. The number of H-pyrrole nitrogens is 1. The van der Waals surface area contributed by atoms with E-state index in [1.165, 1.54) is 12.1 Å². The van der Waals surface area contributed by atoms with Crippen LogP contribution in [0.1, 0.15) is 26.5 Å². The van der Waals surface area contributed by atoms with Crippen molar-refractivity contribution in [2.24, 2.45) is 0 Å². The van der Waals surface area contributed by atoms with E-state index < -0.39 is 0 Å². The molecule has 0 unspecified atom stereocenters. The summed E-state index contributed by atoms with van der Waals surface area (Å²) in [6, 6.07) is 8.01. The summed E-state index contributed by atoms with van der Waals surface area (Å²) in [5.74, 6) is -0.194. The van der Waals surface area contributed by atoms with Gasteiger partial charge in [0.2, 0.25) is 0 Å². The van der Waals surface area contributed by atoms with E-state index >= 15 is 0 Å². The van der Waals surface area contributed by atoms with Crippen molar-refractivity contribution in [3.8, 4) is 5.75 Å². The Morgan fingerprint density at radius 2 is 1.74 bits per heavy atom. The molecule has 2 aromatic rings. The summed E-state index contributed by atoms with van der Waals surface area (Å²) in [5, 5.41) is 16.2. The van der Waals surface area contributed by atoms with E-state index in [-0.39, 0.29) is 17.6 Å². The van der Waals surface area contributed by atoms with Crippen molar-refractivity contribution in [1.82, 2.24) is 20.0 Å². The highest BCUT2D eigenvalue weighted by Gasteiger charge is 2.26. The lowest BCUT2D eigenvalue weighted by molar-refractivity contribution is 0.0532. The van der Waals surface area contributed by atoms with Crippen LogP contribution in [0, 0.1) is 6.92 Å². The normalized spacial score (nSPS) is 14.8. The van der Waals surface area contributed by atoms with Crippen LogP contribution in [0.2, 0.25) is 0 Å². The Labute approximate surface area is 133 Å². The number of nitrogens with zero attached hydrogens (tertiary/aromatic N) is 3. The number of aromatic hydroxyl groups is 1. The van der Waals surface area contributed by atoms with Gasteiger partial charge in [-0.3, -0.25) is 14.7 Å². The van der Waals surface area contributed by atoms with Crippen LogP contribution in [0.4, 0.5) is 0 Å². The van der Waals surface area contributed by atoms with Crippen molar-refractivity contribution in [2.75, 3.05) is 26.2 Å². The molecule has 0 radical (unpaired) electrons. The molecule has 0 bridgehead atoms. The number of carbonyl (C=O) groups is 2. The molecule has 7 nitrogen and oxygen atoms in total. The van der Waals surface area contributed by atoms with Crippen LogP contribution in [0.5, 0.6) is 5.75 Å². The molecule has 0 atom stereocenters. The lowest BCUT2D eigenvalue weighted by Gasteiger charge is -2.34. The third-order valence-electron chi connectivity index (χ3n) is 3.87. The highest BCUT2D eigenvalue weighted by molar-refractivity contribution is 5.95. The number of amides is 2. The van der Waals surface area contributed by atoms with E-state index in [0.29, 0.717) is 37.4 Å². The molecule has 120 valence electrons. The molecule has 1 aliphatic rings. The van der Waals surface area contributed by atoms with Gasteiger partial charge in [-0.25, -0.2) is 0 Å². The smallest absolute Gasteiger partial charge is 0.274 e. The van der Waals surface area contributed by atoms with Crippen molar-refractivity contribution in [3.05, 3.63) is 47.3 Å². The largest absolute Gasteiger partial charge is 0.508 e. The zero-order chi connectivity index (χ0) is 16.4. The third-order valence-corrected chi connectivity index (χ3v) is 3.87. The molecule has 0 spiro atoms.